The first-order valence-corrected chi connectivity index (χ1v) is 6.96. The molecular formula is C16H20O3. The average Bonchev–Trinajstić information content (AvgIpc) is 2.46. The number of aliphatic carboxylic acids is 1. The zero-order chi connectivity index (χ0) is 13.8. The lowest BCUT2D eigenvalue weighted by molar-refractivity contribution is -0.138. The lowest BCUT2D eigenvalue weighted by atomic mass is 9.83. The van der Waals surface area contributed by atoms with Gasteiger partial charge in [0.15, 0.2) is 5.78 Å². The zero-order valence-corrected chi connectivity index (χ0v) is 11.3. The van der Waals surface area contributed by atoms with Crippen LogP contribution < -0.4 is 0 Å². The molecule has 19 heavy (non-hydrogen) atoms. The summed E-state index contributed by atoms with van der Waals surface area (Å²) >= 11 is 0. The van der Waals surface area contributed by atoms with Crippen LogP contribution in [0.3, 0.4) is 0 Å². The summed E-state index contributed by atoms with van der Waals surface area (Å²) in [5.41, 5.74) is 1.46. The minimum atomic E-state index is -0.841. The van der Waals surface area contributed by atoms with Crippen LogP contribution in [-0.2, 0) is 4.79 Å². The van der Waals surface area contributed by atoms with Gasteiger partial charge >= 0.3 is 5.97 Å². The molecular weight excluding hydrogens is 240 g/mol. The van der Waals surface area contributed by atoms with Crippen molar-refractivity contribution in [1.29, 1.82) is 0 Å². The normalized spacial score (nSPS) is 17.9. The van der Waals surface area contributed by atoms with E-state index >= 15 is 0 Å². The van der Waals surface area contributed by atoms with Gasteiger partial charge in [0, 0.05) is 11.5 Å². The second kappa shape index (κ2) is 6.00. The molecule has 0 radical (unpaired) electrons. The number of carbonyl (C=O) groups is 2. The van der Waals surface area contributed by atoms with Gasteiger partial charge in [-0.3, -0.25) is 9.59 Å². The number of carbonyl (C=O) groups excluding carboxylic acids is 1. The summed E-state index contributed by atoms with van der Waals surface area (Å²) in [5, 5.41) is 8.95. The molecule has 0 amide bonds. The van der Waals surface area contributed by atoms with Gasteiger partial charge in [0.1, 0.15) is 0 Å². The topological polar surface area (TPSA) is 54.4 Å². The second-order valence-electron chi connectivity index (χ2n) is 5.38. The van der Waals surface area contributed by atoms with Gasteiger partial charge in [-0.2, -0.15) is 0 Å². The third-order valence-electron chi connectivity index (χ3n) is 4.04. The highest BCUT2D eigenvalue weighted by atomic mass is 16.4. The largest absolute Gasteiger partial charge is 0.481 e. The van der Waals surface area contributed by atoms with Crippen molar-refractivity contribution in [2.24, 2.45) is 5.92 Å². The van der Waals surface area contributed by atoms with Crippen LogP contribution in [-0.4, -0.2) is 16.9 Å². The molecule has 102 valence electrons. The summed E-state index contributed by atoms with van der Waals surface area (Å²) in [6.07, 6.45) is 5.51. The van der Waals surface area contributed by atoms with Crippen LogP contribution in [0.4, 0.5) is 0 Å². The van der Waals surface area contributed by atoms with E-state index < -0.39 is 11.9 Å². The van der Waals surface area contributed by atoms with Gasteiger partial charge in [0.25, 0.3) is 0 Å². The van der Waals surface area contributed by atoms with E-state index in [2.05, 4.69) is 0 Å². The lowest BCUT2D eigenvalue weighted by Crippen LogP contribution is -2.18. The van der Waals surface area contributed by atoms with E-state index in [-0.39, 0.29) is 11.7 Å². The minimum Gasteiger partial charge on any atom is -0.481 e. The van der Waals surface area contributed by atoms with Crippen molar-refractivity contribution in [3.8, 4) is 0 Å². The van der Waals surface area contributed by atoms with Gasteiger partial charge in [-0.25, -0.2) is 0 Å². The van der Waals surface area contributed by atoms with Crippen LogP contribution >= 0.6 is 0 Å². The molecule has 1 saturated carbocycles. The fourth-order valence-corrected chi connectivity index (χ4v) is 2.68. The van der Waals surface area contributed by atoms with Crippen molar-refractivity contribution in [1.82, 2.24) is 0 Å². The van der Waals surface area contributed by atoms with E-state index in [1.54, 1.807) is 31.2 Å². The van der Waals surface area contributed by atoms with E-state index in [4.69, 9.17) is 5.11 Å². The minimum absolute atomic E-state index is 0.163. The van der Waals surface area contributed by atoms with Crippen molar-refractivity contribution in [2.75, 3.05) is 0 Å². The standard InChI is InChI=1S/C16H20O3/c1-11(16(18)19)12-7-9-14(10-8-12)15(17)13-5-3-2-4-6-13/h7-11,13H,2-6H2,1H3,(H,18,19). The molecule has 0 heterocycles. The smallest absolute Gasteiger partial charge is 0.310 e. The summed E-state index contributed by atoms with van der Waals surface area (Å²) in [6.45, 7) is 1.65. The quantitative estimate of drug-likeness (QED) is 0.841. The highest BCUT2D eigenvalue weighted by molar-refractivity contribution is 5.98. The maximum Gasteiger partial charge on any atom is 0.310 e. The number of ketones is 1. The van der Waals surface area contributed by atoms with Crippen LogP contribution in [0.25, 0.3) is 0 Å². The maximum absolute atomic E-state index is 12.3. The van der Waals surface area contributed by atoms with Crippen LogP contribution in [0.1, 0.15) is 60.9 Å². The molecule has 0 bridgehead atoms. The Bertz CT molecular complexity index is 455. The number of carboxylic acids is 1. The maximum atomic E-state index is 12.3. The van der Waals surface area contributed by atoms with E-state index in [1.807, 2.05) is 0 Å². The van der Waals surface area contributed by atoms with E-state index in [1.165, 1.54) is 6.42 Å². The van der Waals surface area contributed by atoms with Crippen molar-refractivity contribution in [3.63, 3.8) is 0 Å². The van der Waals surface area contributed by atoms with Gasteiger partial charge in [-0.15, -0.1) is 0 Å². The summed E-state index contributed by atoms with van der Waals surface area (Å²) in [5.74, 6) is -0.990. The first-order valence-electron chi connectivity index (χ1n) is 6.96. The lowest BCUT2D eigenvalue weighted by Gasteiger charge is -2.20. The molecule has 3 heteroatoms. The Morgan fingerprint density at radius 2 is 1.68 bits per heavy atom. The number of carboxylic acid groups (broad SMARTS) is 1. The molecule has 1 unspecified atom stereocenters. The molecule has 3 nitrogen and oxygen atoms in total. The Morgan fingerprint density at radius 3 is 2.21 bits per heavy atom. The predicted octanol–water partition coefficient (Wildman–Crippen LogP) is 3.64. The van der Waals surface area contributed by atoms with E-state index in [0.717, 1.165) is 31.2 Å². The summed E-state index contributed by atoms with van der Waals surface area (Å²) in [6, 6.07) is 7.06. The third kappa shape index (κ3) is 3.22. The first kappa shape index (κ1) is 13.8. The van der Waals surface area contributed by atoms with Crippen molar-refractivity contribution >= 4 is 11.8 Å². The average molecular weight is 260 g/mol. The monoisotopic (exact) mass is 260 g/mol. The third-order valence-corrected chi connectivity index (χ3v) is 4.04. The predicted molar refractivity (Wildman–Crippen MR) is 73.4 cm³/mol. The fourth-order valence-electron chi connectivity index (χ4n) is 2.68. The number of benzene rings is 1. The number of hydrogen-bond acceptors (Lipinski definition) is 2. The Morgan fingerprint density at radius 1 is 1.11 bits per heavy atom. The molecule has 0 spiro atoms. The first-order chi connectivity index (χ1) is 9.09. The van der Waals surface area contributed by atoms with E-state index in [0.29, 0.717) is 5.56 Å². The summed E-state index contributed by atoms with van der Waals surface area (Å²) in [7, 11) is 0. The van der Waals surface area contributed by atoms with E-state index in [9.17, 15) is 9.59 Å². The Balaban J connectivity index is 2.09. The Labute approximate surface area is 113 Å². The molecule has 1 aromatic carbocycles. The summed E-state index contributed by atoms with van der Waals surface area (Å²) < 4.78 is 0. The molecule has 1 aliphatic carbocycles. The second-order valence-corrected chi connectivity index (χ2v) is 5.38. The molecule has 1 aliphatic rings. The Hall–Kier alpha value is -1.64. The molecule has 0 aromatic heterocycles. The highest BCUT2D eigenvalue weighted by Crippen LogP contribution is 2.27. The molecule has 0 saturated heterocycles. The number of hydrogen-bond donors (Lipinski definition) is 1. The van der Waals surface area contributed by atoms with Crippen molar-refractivity contribution in [2.45, 2.75) is 44.9 Å². The molecule has 1 atom stereocenters. The fraction of sp³-hybridized carbons (Fsp3) is 0.500. The SMILES string of the molecule is CC(C(=O)O)c1ccc(C(=O)C2CCCCC2)cc1. The molecule has 1 N–H and O–H groups in total. The van der Waals surface area contributed by atoms with Crippen molar-refractivity contribution < 1.29 is 14.7 Å². The van der Waals surface area contributed by atoms with Crippen LogP contribution in [0.5, 0.6) is 0 Å². The van der Waals surface area contributed by atoms with Crippen molar-refractivity contribution in [3.05, 3.63) is 35.4 Å². The molecule has 1 fully saturated rings. The van der Waals surface area contributed by atoms with Gasteiger partial charge in [0.2, 0.25) is 0 Å². The highest BCUT2D eigenvalue weighted by Gasteiger charge is 2.22. The van der Waals surface area contributed by atoms with Gasteiger partial charge in [-0.05, 0) is 25.3 Å². The zero-order valence-electron chi connectivity index (χ0n) is 11.3. The van der Waals surface area contributed by atoms with Gasteiger partial charge < -0.3 is 5.11 Å². The van der Waals surface area contributed by atoms with Crippen LogP contribution in [0, 0.1) is 5.92 Å². The van der Waals surface area contributed by atoms with Gasteiger partial charge in [-0.1, -0.05) is 43.5 Å². The molecule has 0 aliphatic heterocycles. The molecule has 2 rings (SSSR count). The summed E-state index contributed by atoms with van der Waals surface area (Å²) in [4.78, 5) is 23.2. The molecule has 1 aromatic rings. The van der Waals surface area contributed by atoms with Crippen LogP contribution in [0.15, 0.2) is 24.3 Å². The van der Waals surface area contributed by atoms with Crippen LogP contribution in [0.2, 0.25) is 0 Å². The van der Waals surface area contributed by atoms with Gasteiger partial charge in [0.05, 0.1) is 5.92 Å². The number of rotatable bonds is 4. The Kier molecular flexibility index (Phi) is 4.35. The number of Topliss-reactive ketones (excluding diaryl/α,β-unsaturated/α-hetero) is 1.